The number of hydrogen-bond acceptors (Lipinski definition) is 6. The van der Waals surface area contributed by atoms with Crippen molar-refractivity contribution in [2.45, 2.75) is 113 Å². The van der Waals surface area contributed by atoms with Gasteiger partial charge in [0.15, 0.2) is 0 Å². The van der Waals surface area contributed by atoms with Gasteiger partial charge in [0.2, 0.25) is 11.8 Å². The third-order valence-corrected chi connectivity index (χ3v) is 12.1. The second-order valence-electron chi connectivity index (χ2n) is 14.8. The molecular weight excluding hydrogens is 681 g/mol. The minimum absolute atomic E-state index is 0.0194. The Labute approximate surface area is 322 Å². The van der Waals surface area contributed by atoms with Crippen LogP contribution in [0.4, 0.5) is 0 Å². The van der Waals surface area contributed by atoms with Crippen LogP contribution < -0.4 is 20.1 Å². The molecule has 2 aliphatic carbocycles. The number of thiophene rings is 1. The zero-order valence-electron chi connectivity index (χ0n) is 33.7. The largest absolute Gasteiger partial charge is 0.496 e. The summed E-state index contributed by atoms with van der Waals surface area (Å²) in [5, 5.41) is 8.14. The molecule has 0 radical (unpaired) electrons. The quantitative estimate of drug-likeness (QED) is 0.169. The molecule has 2 amide bonds. The number of amides is 2. The van der Waals surface area contributed by atoms with Gasteiger partial charge in [-0.3, -0.25) is 9.59 Å². The molecule has 6 rings (SSSR count). The Bertz CT molecular complexity index is 1650. The van der Waals surface area contributed by atoms with Crippen molar-refractivity contribution < 1.29 is 23.5 Å². The lowest BCUT2D eigenvalue weighted by atomic mass is 9.74. The van der Waals surface area contributed by atoms with Crippen LogP contribution in [0, 0.1) is 51.4 Å². The van der Waals surface area contributed by atoms with Crippen molar-refractivity contribution >= 4 is 23.2 Å². The molecule has 4 atom stereocenters. The molecule has 4 aromatic rings. The van der Waals surface area contributed by atoms with E-state index in [9.17, 15) is 9.59 Å². The number of furan rings is 1. The first kappa shape index (κ1) is 41.7. The number of rotatable bonds is 10. The summed E-state index contributed by atoms with van der Waals surface area (Å²) in [6, 6.07) is 12.1. The van der Waals surface area contributed by atoms with Crippen LogP contribution in [-0.4, -0.2) is 26.0 Å². The summed E-state index contributed by atoms with van der Waals surface area (Å²) in [6.45, 7) is 18.0. The molecule has 2 N–H and O–H groups in total. The normalized spacial score (nSPS) is 17.0. The predicted molar refractivity (Wildman–Crippen MR) is 217 cm³/mol. The summed E-state index contributed by atoms with van der Waals surface area (Å²) in [4.78, 5) is 26.3. The minimum Gasteiger partial charge on any atom is -0.496 e. The van der Waals surface area contributed by atoms with Gasteiger partial charge in [0.1, 0.15) is 17.3 Å². The van der Waals surface area contributed by atoms with E-state index in [4.69, 9.17) is 13.9 Å². The van der Waals surface area contributed by atoms with Crippen molar-refractivity contribution in [1.29, 1.82) is 0 Å². The molecule has 2 unspecified atom stereocenters. The van der Waals surface area contributed by atoms with E-state index in [0.717, 1.165) is 55.8 Å². The first-order chi connectivity index (χ1) is 25.4. The smallest absolute Gasteiger partial charge is 0.223 e. The molecule has 2 aromatic heterocycles. The highest BCUT2D eigenvalue weighted by Gasteiger charge is 2.31. The molecule has 7 nitrogen and oxygen atoms in total. The van der Waals surface area contributed by atoms with Crippen molar-refractivity contribution in [1.82, 2.24) is 10.6 Å². The second-order valence-corrected chi connectivity index (χ2v) is 15.9. The second kappa shape index (κ2) is 19.9. The summed E-state index contributed by atoms with van der Waals surface area (Å²) in [6.07, 6.45) is 9.00. The van der Waals surface area contributed by atoms with E-state index in [-0.39, 0.29) is 23.7 Å². The highest BCUT2D eigenvalue weighted by Crippen LogP contribution is 2.39. The number of hydrogen-bond donors (Lipinski definition) is 2. The van der Waals surface area contributed by atoms with Crippen molar-refractivity contribution in [3.63, 3.8) is 0 Å². The van der Waals surface area contributed by atoms with Crippen molar-refractivity contribution in [2.24, 2.45) is 23.7 Å². The van der Waals surface area contributed by atoms with E-state index in [2.05, 4.69) is 77.3 Å². The Kier molecular flexibility index (Phi) is 15.6. The summed E-state index contributed by atoms with van der Waals surface area (Å²) in [5.41, 5.74) is 10.7. The van der Waals surface area contributed by atoms with Crippen LogP contribution in [0.15, 0.2) is 52.5 Å². The summed E-state index contributed by atoms with van der Waals surface area (Å²) >= 11 is 1.68. The van der Waals surface area contributed by atoms with Crippen LogP contribution in [0.25, 0.3) is 0 Å². The van der Waals surface area contributed by atoms with Crippen LogP contribution in [-0.2, 0) is 48.4 Å². The van der Waals surface area contributed by atoms with E-state index >= 15 is 0 Å². The summed E-state index contributed by atoms with van der Waals surface area (Å²) in [7, 11) is 3.45. The molecule has 288 valence electrons. The summed E-state index contributed by atoms with van der Waals surface area (Å²) < 4.78 is 16.3. The van der Waals surface area contributed by atoms with E-state index in [0.29, 0.717) is 24.9 Å². The molecule has 0 saturated carbocycles. The lowest BCUT2D eigenvalue weighted by Gasteiger charge is -2.31. The Balaban J connectivity index is 0.000000220. The Morgan fingerprint density at radius 2 is 1.26 bits per heavy atom. The highest BCUT2D eigenvalue weighted by atomic mass is 32.1. The highest BCUT2D eigenvalue weighted by molar-refractivity contribution is 7.09. The molecule has 0 bridgehead atoms. The van der Waals surface area contributed by atoms with Gasteiger partial charge in [-0.15, -0.1) is 11.3 Å². The number of nitrogens with one attached hydrogen (secondary N) is 2. The van der Waals surface area contributed by atoms with E-state index in [1.165, 1.54) is 55.8 Å². The van der Waals surface area contributed by atoms with Crippen molar-refractivity contribution in [2.75, 3.05) is 14.2 Å². The zero-order chi connectivity index (χ0) is 38.7. The standard InChI is InChI=1S/C21H27NO3.C21H27NO2S.C3H8/c2*1-13-10-20(24-4)15(3)19-11-16(7-8-18(13)19)14(2)21(23)22-12-17-6-5-9-25-17;1-3-2/h2*5-6,9-10,14,16H,7-8,11-12H2,1-4H3,(H,22,23);3H2,1-2H3/t2*14-,16?;/m00./s1. The van der Waals surface area contributed by atoms with E-state index < -0.39 is 0 Å². The maximum absolute atomic E-state index is 12.6. The van der Waals surface area contributed by atoms with Gasteiger partial charge in [-0.05, 0) is 158 Å². The van der Waals surface area contributed by atoms with Crippen LogP contribution in [0.5, 0.6) is 11.5 Å². The molecule has 0 spiro atoms. The number of benzene rings is 2. The third-order valence-electron chi connectivity index (χ3n) is 11.2. The lowest BCUT2D eigenvalue weighted by Crippen LogP contribution is -2.35. The molecular formula is C45H62N2O5S. The zero-order valence-corrected chi connectivity index (χ0v) is 34.6. The van der Waals surface area contributed by atoms with Gasteiger partial charge in [-0.1, -0.05) is 40.2 Å². The van der Waals surface area contributed by atoms with Crippen molar-refractivity contribution in [3.8, 4) is 11.5 Å². The molecule has 8 heteroatoms. The number of carbonyl (C=O) groups is 2. The number of carbonyl (C=O) groups excluding carboxylic acids is 2. The van der Waals surface area contributed by atoms with Crippen LogP contribution in [0.1, 0.15) is 102 Å². The number of ether oxygens (including phenoxy) is 2. The number of methoxy groups -OCH3 is 2. The Morgan fingerprint density at radius 1 is 0.774 bits per heavy atom. The number of aryl methyl sites for hydroxylation is 2. The van der Waals surface area contributed by atoms with Gasteiger partial charge in [-0.2, -0.15) is 0 Å². The molecule has 2 aliphatic rings. The average molecular weight is 743 g/mol. The number of fused-ring (bicyclic) bond motifs is 2. The monoisotopic (exact) mass is 742 g/mol. The van der Waals surface area contributed by atoms with Crippen LogP contribution in [0.3, 0.4) is 0 Å². The van der Waals surface area contributed by atoms with E-state index in [1.54, 1.807) is 31.8 Å². The summed E-state index contributed by atoms with van der Waals surface area (Å²) in [5.74, 6) is 3.72. The first-order valence-electron chi connectivity index (χ1n) is 19.4. The SMILES string of the molecule is CCC.COc1cc(C)c2c(c1C)CC([C@H](C)C(=O)NCc1ccco1)CC2.COc1cc(C)c2c(c1C)CC([C@H](C)C(=O)NCc1cccs1)CC2. The molecule has 0 fully saturated rings. The first-order valence-corrected chi connectivity index (χ1v) is 20.2. The fourth-order valence-corrected chi connectivity index (χ4v) is 8.49. The van der Waals surface area contributed by atoms with Gasteiger partial charge >= 0.3 is 0 Å². The molecule has 2 heterocycles. The predicted octanol–water partition coefficient (Wildman–Crippen LogP) is 9.81. The van der Waals surface area contributed by atoms with Crippen molar-refractivity contribution in [3.05, 3.63) is 103 Å². The van der Waals surface area contributed by atoms with Crippen LogP contribution >= 0.6 is 11.3 Å². The van der Waals surface area contributed by atoms with Crippen LogP contribution in [0.2, 0.25) is 0 Å². The molecule has 0 saturated heterocycles. The maximum Gasteiger partial charge on any atom is 0.223 e. The van der Waals surface area contributed by atoms with E-state index in [1.807, 2.05) is 30.5 Å². The van der Waals surface area contributed by atoms with Gasteiger partial charge in [0.25, 0.3) is 0 Å². The maximum atomic E-state index is 12.6. The molecule has 2 aromatic carbocycles. The Hall–Kier alpha value is -4.04. The molecule has 0 aliphatic heterocycles. The minimum atomic E-state index is -0.0194. The topological polar surface area (TPSA) is 89.8 Å². The average Bonchev–Trinajstić information content (AvgIpc) is 3.90. The fourth-order valence-electron chi connectivity index (χ4n) is 7.85. The fraction of sp³-hybridized carbons (Fsp3) is 0.511. The van der Waals surface area contributed by atoms with Gasteiger partial charge in [0.05, 0.1) is 33.6 Å². The van der Waals surface area contributed by atoms with Gasteiger partial charge in [0, 0.05) is 16.7 Å². The van der Waals surface area contributed by atoms with Gasteiger partial charge in [-0.25, -0.2) is 0 Å². The Morgan fingerprint density at radius 3 is 1.68 bits per heavy atom. The van der Waals surface area contributed by atoms with Gasteiger partial charge < -0.3 is 24.5 Å². The third kappa shape index (κ3) is 10.6. The molecule has 53 heavy (non-hydrogen) atoms. The lowest BCUT2D eigenvalue weighted by molar-refractivity contribution is -0.127.